The van der Waals surface area contributed by atoms with Crippen LogP contribution in [0.4, 0.5) is 0 Å². The summed E-state index contributed by atoms with van der Waals surface area (Å²) in [5.41, 5.74) is 1.59. The molecule has 1 aliphatic heterocycles. The van der Waals surface area contributed by atoms with E-state index in [0.717, 1.165) is 31.1 Å². The molecular weight excluding hydrogens is 326 g/mol. The molecule has 1 aromatic carbocycles. The van der Waals surface area contributed by atoms with Crippen LogP contribution in [-0.4, -0.2) is 53.1 Å². The number of oxazole rings is 1. The molecule has 0 N–H and O–H groups in total. The zero-order chi connectivity index (χ0) is 18.1. The predicted octanol–water partition coefficient (Wildman–Crippen LogP) is 3.04. The Balaban J connectivity index is 1.44. The Hall–Kier alpha value is -1.59. The van der Waals surface area contributed by atoms with Crippen LogP contribution in [0.25, 0.3) is 11.1 Å². The zero-order valence-corrected chi connectivity index (χ0v) is 16.1. The van der Waals surface area contributed by atoms with E-state index in [2.05, 4.69) is 23.6 Å². The third-order valence-corrected chi connectivity index (χ3v) is 6.01. The summed E-state index contributed by atoms with van der Waals surface area (Å²) in [7, 11) is 0. The summed E-state index contributed by atoms with van der Waals surface area (Å²) in [4.78, 5) is 17.5. The topological polar surface area (TPSA) is 41.6 Å². The van der Waals surface area contributed by atoms with E-state index in [1.165, 1.54) is 32.4 Å². The summed E-state index contributed by atoms with van der Waals surface area (Å²) in [6.45, 7) is 11.0. The highest BCUT2D eigenvalue weighted by molar-refractivity contribution is 5.72. The molecule has 2 fully saturated rings. The van der Waals surface area contributed by atoms with E-state index in [-0.39, 0.29) is 5.76 Å². The third kappa shape index (κ3) is 3.89. The molecule has 0 amide bonds. The van der Waals surface area contributed by atoms with Gasteiger partial charge in [-0.2, -0.15) is 0 Å². The molecule has 5 heteroatoms. The van der Waals surface area contributed by atoms with Gasteiger partial charge in [-0.15, -0.1) is 0 Å². The average molecular weight is 357 g/mol. The standard InChI is InChI=1S/C21H31N3O2/c1-16(2)19-15-22(10-5-11-23(19)14-17-8-9-17)12-13-24-18-6-3-4-7-20(18)26-21(24)25/h3-4,6-7,16-17,19H,5,8-15H2,1-2H3/t19-/m0/s1. The van der Waals surface area contributed by atoms with Crippen LogP contribution in [-0.2, 0) is 6.54 Å². The summed E-state index contributed by atoms with van der Waals surface area (Å²) in [5, 5.41) is 0. The van der Waals surface area contributed by atoms with Gasteiger partial charge in [0, 0.05) is 32.2 Å². The molecule has 0 radical (unpaired) electrons. The fourth-order valence-electron chi connectivity index (χ4n) is 4.30. The molecule has 26 heavy (non-hydrogen) atoms. The van der Waals surface area contributed by atoms with Crippen molar-refractivity contribution in [3.63, 3.8) is 0 Å². The molecule has 2 aromatic rings. The lowest BCUT2D eigenvalue weighted by atomic mass is 10.0. The van der Waals surface area contributed by atoms with Gasteiger partial charge in [-0.05, 0) is 56.3 Å². The summed E-state index contributed by atoms with van der Waals surface area (Å²) < 4.78 is 7.16. The second kappa shape index (κ2) is 7.57. The highest BCUT2D eigenvalue weighted by atomic mass is 16.4. The SMILES string of the molecule is CC(C)[C@@H]1CN(CCn2c(=O)oc3ccccc32)CCCN1CC1CC1. The zero-order valence-electron chi connectivity index (χ0n) is 16.1. The van der Waals surface area contributed by atoms with E-state index in [1.807, 2.05) is 24.3 Å². The van der Waals surface area contributed by atoms with Crippen molar-refractivity contribution in [1.29, 1.82) is 0 Å². The van der Waals surface area contributed by atoms with Crippen LogP contribution in [0.2, 0.25) is 0 Å². The Morgan fingerprint density at radius 1 is 1.15 bits per heavy atom. The molecule has 0 unspecified atom stereocenters. The number of para-hydroxylation sites is 2. The van der Waals surface area contributed by atoms with Gasteiger partial charge in [0.25, 0.3) is 0 Å². The Labute approximate surface area is 155 Å². The number of hydrogen-bond donors (Lipinski definition) is 0. The first-order chi connectivity index (χ1) is 12.6. The van der Waals surface area contributed by atoms with Crippen molar-refractivity contribution in [3.05, 3.63) is 34.8 Å². The number of rotatable bonds is 6. The quantitative estimate of drug-likeness (QED) is 0.797. The van der Waals surface area contributed by atoms with Gasteiger partial charge in [0.2, 0.25) is 0 Å². The first-order valence-electron chi connectivity index (χ1n) is 10.2. The molecule has 1 atom stereocenters. The Morgan fingerprint density at radius 2 is 1.96 bits per heavy atom. The van der Waals surface area contributed by atoms with Crippen molar-refractivity contribution in [2.24, 2.45) is 11.8 Å². The van der Waals surface area contributed by atoms with Gasteiger partial charge in [0.1, 0.15) is 0 Å². The Morgan fingerprint density at radius 3 is 2.73 bits per heavy atom. The van der Waals surface area contributed by atoms with Crippen molar-refractivity contribution in [3.8, 4) is 0 Å². The molecule has 1 saturated carbocycles. The van der Waals surface area contributed by atoms with Gasteiger partial charge in [-0.25, -0.2) is 4.79 Å². The molecule has 0 spiro atoms. The number of benzene rings is 1. The maximum atomic E-state index is 12.2. The molecule has 0 bridgehead atoms. The molecule has 1 aromatic heterocycles. The fraction of sp³-hybridized carbons (Fsp3) is 0.667. The van der Waals surface area contributed by atoms with E-state index in [0.29, 0.717) is 24.1 Å². The molecule has 2 aliphatic rings. The van der Waals surface area contributed by atoms with Crippen LogP contribution in [0.1, 0.15) is 33.1 Å². The summed E-state index contributed by atoms with van der Waals surface area (Å²) in [5.74, 6) is 1.36. The van der Waals surface area contributed by atoms with Gasteiger partial charge < -0.3 is 4.42 Å². The number of fused-ring (bicyclic) bond motifs is 1. The molecule has 1 saturated heterocycles. The van der Waals surface area contributed by atoms with Gasteiger partial charge in [-0.3, -0.25) is 14.4 Å². The second-order valence-electron chi connectivity index (χ2n) is 8.39. The molecular formula is C21H31N3O2. The second-order valence-corrected chi connectivity index (χ2v) is 8.39. The van der Waals surface area contributed by atoms with Crippen LogP contribution in [0, 0.1) is 11.8 Å². The maximum absolute atomic E-state index is 12.2. The van der Waals surface area contributed by atoms with Gasteiger partial charge in [0.15, 0.2) is 5.58 Å². The van der Waals surface area contributed by atoms with E-state index < -0.39 is 0 Å². The van der Waals surface area contributed by atoms with Gasteiger partial charge in [0.05, 0.1) is 5.52 Å². The van der Waals surface area contributed by atoms with Gasteiger partial charge in [-0.1, -0.05) is 26.0 Å². The lowest BCUT2D eigenvalue weighted by Crippen LogP contribution is -2.45. The molecule has 2 heterocycles. The Kier molecular flexibility index (Phi) is 5.18. The van der Waals surface area contributed by atoms with Crippen molar-refractivity contribution >= 4 is 11.1 Å². The Bertz CT molecular complexity index is 790. The highest BCUT2D eigenvalue weighted by Gasteiger charge is 2.32. The maximum Gasteiger partial charge on any atom is 0.419 e. The van der Waals surface area contributed by atoms with Crippen molar-refractivity contribution < 1.29 is 4.42 Å². The first-order valence-corrected chi connectivity index (χ1v) is 10.2. The lowest BCUT2D eigenvalue weighted by Gasteiger charge is -2.34. The van der Waals surface area contributed by atoms with E-state index in [9.17, 15) is 4.79 Å². The molecule has 4 rings (SSSR count). The van der Waals surface area contributed by atoms with Crippen LogP contribution < -0.4 is 5.76 Å². The van der Waals surface area contributed by atoms with Crippen LogP contribution >= 0.6 is 0 Å². The fourth-order valence-corrected chi connectivity index (χ4v) is 4.30. The normalized spacial score (nSPS) is 23.0. The largest absolute Gasteiger partial charge is 0.419 e. The van der Waals surface area contributed by atoms with E-state index in [4.69, 9.17) is 4.42 Å². The first kappa shape index (κ1) is 17.8. The van der Waals surface area contributed by atoms with E-state index in [1.54, 1.807) is 4.57 Å². The van der Waals surface area contributed by atoms with E-state index >= 15 is 0 Å². The van der Waals surface area contributed by atoms with Crippen LogP contribution in [0.5, 0.6) is 0 Å². The summed E-state index contributed by atoms with van der Waals surface area (Å²) in [6, 6.07) is 8.33. The van der Waals surface area contributed by atoms with Crippen molar-refractivity contribution in [1.82, 2.24) is 14.4 Å². The number of hydrogen-bond acceptors (Lipinski definition) is 4. The minimum absolute atomic E-state index is 0.239. The minimum Gasteiger partial charge on any atom is -0.408 e. The lowest BCUT2D eigenvalue weighted by molar-refractivity contribution is 0.132. The molecule has 142 valence electrons. The van der Waals surface area contributed by atoms with Gasteiger partial charge >= 0.3 is 5.76 Å². The number of nitrogens with zero attached hydrogens (tertiary/aromatic N) is 3. The van der Waals surface area contributed by atoms with Crippen molar-refractivity contribution in [2.75, 3.05) is 32.7 Å². The predicted molar refractivity (Wildman–Crippen MR) is 104 cm³/mol. The minimum atomic E-state index is -0.239. The smallest absolute Gasteiger partial charge is 0.408 e. The summed E-state index contributed by atoms with van der Waals surface area (Å²) >= 11 is 0. The van der Waals surface area contributed by atoms with Crippen molar-refractivity contribution in [2.45, 2.75) is 45.7 Å². The van der Waals surface area contributed by atoms with Crippen LogP contribution in [0.3, 0.4) is 0 Å². The molecule has 1 aliphatic carbocycles. The average Bonchev–Trinajstić information content (AvgIpc) is 3.40. The monoisotopic (exact) mass is 357 g/mol. The third-order valence-electron chi connectivity index (χ3n) is 6.01. The highest BCUT2D eigenvalue weighted by Crippen LogP contribution is 2.31. The number of aromatic nitrogens is 1. The van der Waals surface area contributed by atoms with Crippen LogP contribution in [0.15, 0.2) is 33.5 Å². The summed E-state index contributed by atoms with van der Waals surface area (Å²) in [6.07, 6.45) is 4.06. The molecule has 5 nitrogen and oxygen atoms in total.